The summed E-state index contributed by atoms with van der Waals surface area (Å²) in [6.07, 6.45) is 1.52. The zero-order valence-electron chi connectivity index (χ0n) is 17.4. The number of methoxy groups -OCH3 is 1. The second-order valence-electron chi connectivity index (χ2n) is 7.05. The summed E-state index contributed by atoms with van der Waals surface area (Å²) in [6, 6.07) is 10.5. The van der Waals surface area contributed by atoms with Crippen LogP contribution in [0.4, 0.5) is 0 Å². The Kier molecular flexibility index (Phi) is 7.52. The number of carbonyl (C=O) groups excluding carboxylic acids is 1. The Balaban J connectivity index is 1.60. The molecule has 1 fully saturated rings. The molecule has 1 aromatic carbocycles. The molecule has 0 saturated carbocycles. The van der Waals surface area contributed by atoms with Crippen LogP contribution in [0.1, 0.15) is 31.6 Å². The highest BCUT2D eigenvalue weighted by Crippen LogP contribution is 2.27. The van der Waals surface area contributed by atoms with Crippen molar-refractivity contribution in [3.63, 3.8) is 0 Å². The number of rotatable bonds is 7. The fourth-order valence-corrected chi connectivity index (χ4v) is 4.21. The van der Waals surface area contributed by atoms with Crippen molar-refractivity contribution in [3.05, 3.63) is 40.6 Å². The standard InChI is InChI=1S/C22H30N4O2S/c1-4-21(27)26-11-10-18(14-26)25-22(23-5-2)24-13-20-12-17(15-29-20)16-6-8-19(28-3)9-7-16/h6-9,12,15,18H,4-5,10-11,13-14H2,1-3H3,(H2,23,24,25). The first kappa shape index (κ1) is 21.2. The summed E-state index contributed by atoms with van der Waals surface area (Å²) in [4.78, 5) is 19.8. The van der Waals surface area contributed by atoms with E-state index in [1.54, 1.807) is 18.4 Å². The highest BCUT2D eigenvalue weighted by Gasteiger charge is 2.25. The molecule has 1 saturated heterocycles. The summed E-state index contributed by atoms with van der Waals surface area (Å²) in [5, 5.41) is 8.96. The smallest absolute Gasteiger partial charge is 0.222 e. The zero-order chi connectivity index (χ0) is 20.6. The number of guanidine groups is 1. The average Bonchev–Trinajstić information content (AvgIpc) is 3.41. The van der Waals surface area contributed by atoms with Crippen LogP contribution in [0.25, 0.3) is 11.1 Å². The van der Waals surface area contributed by atoms with Gasteiger partial charge in [0.1, 0.15) is 5.75 Å². The number of hydrogen-bond donors (Lipinski definition) is 2. The van der Waals surface area contributed by atoms with Crippen LogP contribution in [-0.2, 0) is 11.3 Å². The molecule has 1 atom stereocenters. The second kappa shape index (κ2) is 10.3. The molecule has 2 heterocycles. The van der Waals surface area contributed by atoms with E-state index >= 15 is 0 Å². The van der Waals surface area contributed by atoms with Crippen LogP contribution in [-0.4, -0.2) is 49.6 Å². The number of carbonyl (C=O) groups is 1. The summed E-state index contributed by atoms with van der Waals surface area (Å²) >= 11 is 1.72. The number of likely N-dealkylation sites (tertiary alicyclic amines) is 1. The normalized spacial score (nSPS) is 16.7. The Hall–Kier alpha value is -2.54. The lowest BCUT2D eigenvalue weighted by atomic mass is 10.1. The lowest BCUT2D eigenvalue weighted by molar-refractivity contribution is -0.129. The Morgan fingerprint density at radius 2 is 2.07 bits per heavy atom. The second-order valence-corrected chi connectivity index (χ2v) is 8.04. The molecule has 7 heteroatoms. The van der Waals surface area contributed by atoms with E-state index in [1.807, 2.05) is 24.0 Å². The fraction of sp³-hybridized carbons (Fsp3) is 0.455. The summed E-state index contributed by atoms with van der Waals surface area (Å²) in [7, 11) is 1.68. The van der Waals surface area contributed by atoms with E-state index < -0.39 is 0 Å². The van der Waals surface area contributed by atoms with E-state index in [9.17, 15) is 4.79 Å². The third kappa shape index (κ3) is 5.73. The molecule has 1 aliphatic heterocycles. The van der Waals surface area contributed by atoms with Gasteiger partial charge in [0.15, 0.2) is 5.96 Å². The van der Waals surface area contributed by atoms with Gasteiger partial charge in [-0.2, -0.15) is 0 Å². The van der Waals surface area contributed by atoms with Crippen molar-refractivity contribution in [1.29, 1.82) is 0 Å². The Morgan fingerprint density at radius 3 is 2.76 bits per heavy atom. The number of hydrogen-bond acceptors (Lipinski definition) is 4. The highest BCUT2D eigenvalue weighted by atomic mass is 32.1. The Labute approximate surface area is 177 Å². The molecule has 2 aromatic rings. The molecular weight excluding hydrogens is 384 g/mol. The number of thiophene rings is 1. The third-order valence-corrected chi connectivity index (χ3v) is 5.92. The molecule has 1 aliphatic rings. The van der Waals surface area contributed by atoms with Gasteiger partial charge in [-0.3, -0.25) is 4.79 Å². The van der Waals surface area contributed by atoms with Gasteiger partial charge in [-0.1, -0.05) is 19.1 Å². The molecule has 1 unspecified atom stereocenters. The maximum absolute atomic E-state index is 11.9. The molecule has 156 valence electrons. The van der Waals surface area contributed by atoms with Crippen molar-refractivity contribution in [3.8, 4) is 16.9 Å². The van der Waals surface area contributed by atoms with Gasteiger partial charge < -0.3 is 20.3 Å². The summed E-state index contributed by atoms with van der Waals surface area (Å²) in [5.41, 5.74) is 2.37. The first-order valence-electron chi connectivity index (χ1n) is 10.2. The van der Waals surface area contributed by atoms with Crippen molar-refractivity contribution in [1.82, 2.24) is 15.5 Å². The minimum absolute atomic E-state index is 0.223. The largest absolute Gasteiger partial charge is 0.497 e. The number of aliphatic imine (C=N–C) groups is 1. The van der Waals surface area contributed by atoms with Crippen LogP contribution in [0.15, 0.2) is 40.7 Å². The van der Waals surface area contributed by atoms with E-state index in [4.69, 9.17) is 9.73 Å². The average molecular weight is 415 g/mol. The third-order valence-electron chi connectivity index (χ3n) is 5.00. The van der Waals surface area contributed by atoms with Crippen LogP contribution in [0.5, 0.6) is 5.75 Å². The summed E-state index contributed by atoms with van der Waals surface area (Å²) < 4.78 is 5.23. The zero-order valence-corrected chi connectivity index (χ0v) is 18.2. The van der Waals surface area contributed by atoms with Crippen molar-refractivity contribution in [2.45, 2.75) is 39.3 Å². The molecule has 29 heavy (non-hydrogen) atoms. The van der Waals surface area contributed by atoms with Crippen LogP contribution in [0.2, 0.25) is 0 Å². The first-order valence-corrected chi connectivity index (χ1v) is 11.0. The van der Waals surface area contributed by atoms with Gasteiger partial charge in [0.25, 0.3) is 0 Å². The lowest BCUT2D eigenvalue weighted by Gasteiger charge is -2.18. The van der Waals surface area contributed by atoms with Gasteiger partial charge in [-0.25, -0.2) is 4.99 Å². The Bertz CT molecular complexity index is 832. The lowest BCUT2D eigenvalue weighted by Crippen LogP contribution is -2.45. The number of ether oxygens (including phenoxy) is 1. The molecule has 0 bridgehead atoms. The van der Waals surface area contributed by atoms with Crippen molar-refractivity contribution in [2.75, 3.05) is 26.7 Å². The van der Waals surface area contributed by atoms with Gasteiger partial charge in [-0.05, 0) is 48.1 Å². The van der Waals surface area contributed by atoms with Crippen molar-refractivity contribution in [2.24, 2.45) is 4.99 Å². The van der Waals surface area contributed by atoms with Gasteiger partial charge in [0, 0.05) is 37.0 Å². The van der Waals surface area contributed by atoms with E-state index in [-0.39, 0.29) is 11.9 Å². The quantitative estimate of drug-likeness (QED) is 0.538. The van der Waals surface area contributed by atoms with Crippen LogP contribution in [0, 0.1) is 0 Å². The SMILES string of the molecule is CCNC(=NCc1cc(-c2ccc(OC)cc2)cs1)NC1CCN(C(=O)CC)C1. The van der Waals surface area contributed by atoms with E-state index in [2.05, 4.69) is 41.1 Å². The van der Waals surface area contributed by atoms with Gasteiger partial charge in [0.05, 0.1) is 13.7 Å². The van der Waals surface area contributed by atoms with E-state index in [0.717, 1.165) is 37.8 Å². The minimum Gasteiger partial charge on any atom is -0.497 e. The molecule has 1 aromatic heterocycles. The van der Waals surface area contributed by atoms with Crippen molar-refractivity contribution < 1.29 is 9.53 Å². The summed E-state index contributed by atoms with van der Waals surface area (Å²) in [5.74, 6) is 1.89. The molecule has 0 aliphatic carbocycles. The molecular formula is C22H30N4O2S. The molecule has 0 spiro atoms. The van der Waals surface area contributed by atoms with Crippen molar-refractivity contribution >= 4 is 23.2 Å². The van der Waals surface area contributed by atoms with E-state index in [0.29, 0.717) is 13.0 Å². The number of nitrogens with zero attached hydrogens (tertiary/aromatic N) is 2. The van der Waals surface area contributed by atoms with Gasteiger partial charge in [0.2, 0.25) is 5.91 Å². The number of benzene rings is 1. The molecule has 3 rings (SSSR count). The Morgan fingerprint density at radius 1 is 1.28 bits per heavy atom. The number of amides is 1. The minimum atomic E-state index is 0.223. The van der Waals surface area contributed by atoms with Gasteiger partial charge in [-0.15, -0.1) is 11.3 Å². The molecule has 2 N–H and O–H groups in total. The number of nitrogens with one attached hydrogen (secondary N) is 2. The molecule has 6 nitrogen and oxygen atoms in total. The van der Waals surface area contributed by atoms with Crippen LogP contribution >= 0.6 is 11.3 Å². The summed E-state index contributed by atoms with van der Waals surface area (Å²) in [6.45, 7) is 6.97. The maximum Gasteiger partial charge on any atom is 0.222 e. The first-order chi connectivity index (χ1) is 14.1. The van der Waals surface area contributed by atoms with Crippen LogP contribution in [0.3, 0.4) is 0 Å². The predicted molar refractivity (Wildman–Crippen MR) is 120 cm³/mol. The molecule has 0 radical (unpaired) electrons. The maximum atomic E-state index is 11.9. The predicted octanol–water partition coefficient (Wildman–Crippen LogP) is 3.49. The molecule has 1 amide bonds. The van der Waals surface area contributed by atoms with E-state index in [1.165, 1.54) is 16.0 Å². The van der Waals surface area contributed by atoms with Crippen LogP contribution < -0.4 is 15.4 Å². The topological polar surface area (TPSA) is 66.0 Å². The highest BCUT2D eigenvalue weighted by molar-refractivity contribution is 7.10. The van der Waals surface area contributed by atoms with Gasteiger partial charge >= 0.3 is 0 Å². The fourth-order valence-electron chi connectivity index (χ4n) is 3.40. The monoisotopic (exact) mass is 414 g/mol.